The van der Waals surface area contributed by atoms with Gasteiger partial charge in [0.15, 0.2) is 0 Å². The Labute approximate surface area is 263 Å². The van der Waals surface area contributed by atoms with E-state index in [0.29, 0.717) is 23.1 Å². The molecule has 0 heterocycles. The van der Waals surface area contributed by atoms with Crippen LogP contribution in [0.4, 0.5) is 17.1 Å². The normalized spacial score (nSPS) is 11.4. The van der Waals surface area contributed by atoms with Crippen molar-refractivity contribution in [3.63, 3.8) is 0 Å². The molecule has 0 unspecified atom stereocenters. The third-order valence-electron chi connectivity index (χ3n) is 5.79. The number of anilines is 1. The van der Waals surface area contributed by atoms with Crippen LogP contribution in [0.1, 0.15) is 29.8 Å². The van der Waals surface area contributed by atoms with Crippen molar-refractivity contribution in [2.75, 3.05) is 11.9 Å². The van der Waals surface area contributed by atoms with Crippen molar-refractivity contribution < 1.29 is 57.2 Å². The van der Waals surface area contributed by atoms with Gasteiger partial charge in [-0.2, -0.15) is 13.5 Å². The van der Waals surface area contributed by atoms with Crippen LogP contribution in [0.5, 0.6) is 11.5 Å². The van der Waals surface area contributed by atoms with Crippen LogP contribution in [0.15, 0.2) is 75.8 Å². The summed E-state index contributed by atoms with van der Waals surface area (Å²) in [5, 5.41) is 25.6. The largest absolute Gasteiger partial charge is 1.00 e. The van der Waals surface area contributed by atoms with E-state index in [0.717, 1.165) is 6.07 Å². The van der Waals surface area contributed by atoms with Crippen LogP contribution < -0.4 is 44.7 Å². The number of benzene rings is 4. The number of halogens is 2. The first-order chi connectivity index (χ1) is 18.5. The molecule has 4 aromatic rings. The Bertz CT molecular complexity index is 1730. The van der Waals surface area contributed by atoms with Gasteiger partial charge in [-0.05, 0) is 54.6 Å². The molecule has 0 saturated heterocycles. The molecule has 0 radical (unpaired) electrons. The predicted octanol–water partition coefficient (Wildman–Crippen LogP) is 4.10. The van der Waals surface area contributed by atoms with Crippen LogP contribution in [0, 0.1) is 0 Å². The maximum atomic E-state index is 13.5. The fourth-order valence-corrected chi connectivity index (χ4v) is 5.32. The predicted molar refractivity (Wildman–Crippen MR) is 149 cm³/mol. The molecule has 40 heavy (non-hydrogen) atoms. The molecule has 4 rings (SSSR count). The minimum absolute atomic E-state index is 0. The summed E-state index contributed by atoms with van der Waals surface area (Å²) in [6.45, 7) is 3.90. The van der Waals surface area contributed by atoms with Gasteiger partial charge in [0.05, 0.1) is 32.9 Å². The number of carbonyl (C=O) groups excluding carboxylic acids is 1. The maximum absolute atomic E-state index is 13.5. The molecule has 0 aliphatic carbocycles. The van der Waals surface area contributed by atoms with Crippen LogP contribution in [-0.4, -0.2) is 25.5 Å². The van der Waals surface area contributed by atoms with Crippen molar-refractivity contribution in [1.29, 1.82) is 0 Å². The fourth-order valence-electron chi connectivity index (χ4n) is 3.97. The van der Waals surface area contributed by atoms with E-state index in [1.165, 1.54) is 12.1 Å². The quantitative estimate of drug-likeness (QED) is 0.175. The van der Waals surface area contributed by atoms with Crippen LogP contribution >= 0.6 is 23.2 Å². The summed E-state index contributed by atoms with van der Waals surface area (Å²) in [7, 11) is -4.51. The Balaban J connectivity index is 0.00000441. The van der Waals surface area contributed by atoms with E-state index in [2.05, 4.69) is 15.5 Å². The minimum atomic E-state index is -4.51. The second-order valence-corrected chi connectivity index (χ2v) is 10.4. The molecule has 0 bridgehead atoms. The van der Waals surface area contributed by atoms with Crippen molar-refractivity contribution in [1.82, 2.24) is 0 Å². The summed E-state index contributed by atoms with van der Waals surface area (Å²) in [6.07, 6.45) is 0.190. The third kappa shape index (κ3) is 6.77. The number of hydrogen-bond donors (Lipinski definition) is 2. The summed E-state index contributed by atoms with van der Waals surface area (Å²) >= 11 is 12.6. The molecule has 4 aromatic carbocycles. The van der Waals surface area contributed by atoms with Gasteiger partial charge in [-0.1, -0.05) is 60.1 Å². The maximum Gasteiger partial charge on any atom is 1.00 e. The van der Waals surface area contributed by atoms with Gasteiger partial charge >= 0.3 is 29.6 Å². The van der Waals surface area contributed by atoms with E-state index in [4.69, 9.17) is 27.9 Å². The molecule has 0 aromatic heterocycles. The van der Waals surface area contributed by atoms with Gasteiger partial charge in [0.25, 0.3) is 16.0 Å². The zero-order valence-electron chi connectivity index (χ0n) is 21.7. The molecule has 0 saturated carbocycles. The molecule has 13 heteroatoms. The van der Waals surface area contributed by atoms with Gasteiger partial charge in [-0.25, -0.2) is 0 Å². The monoisotopic (exact) mass is 609 g/mol. The molecule has 1 amide bonds. The first kappa shape index (κ1) is 31.8. The van der Waals surface area contributed by atoms with E-state index in [-0.39, 0.29) is 79.1 Å². The number of amides is 1. The summed E-state index contributed by atoms with van der Waals surface area (Å²) in [5.41, 5.74) is 0.199. The molecule has 202 valence electrons. The molecular weight excluding hydrogens is 588 g/mol. The van der Waals surface area contributed by atoms with Gasteiger partial charge in [0.2, 0.25) is 0 Å². The van der Waals surface area contributed by atoms with Crippen molar-refractivity contribution in [2.24, 2.45) is 10.2 Å². The fraction of sp³-hybridized carbons (Fsp3) is 0.148. The Morgan fingerprint density at radius 1 is 1.05 bits per heavy atom. The standard InChI is InChI=1S/C27H23Cl2N3O6S.Na/c1-3-17-23(39(35,36)37)12-11-21(24(17)29)31-32-25-18-8-6-5-7-15(18)13-19(26(25)33)27(34)30-22-14-16(38-4-2)9-10-20(22)28;/h5-14,33H,3-4H2,1-2H3,(H,30,34)(H,35,36,37);/q;+1/p-1. The second-order valence-electron chi connectivity index (χ2n) is 8.26. The molecule has 0 spiro atoms. The molecule has 9 nitrogen and oxygen atoms in total. The number of ether oxygens (including phenoxy) is 1. The van der Waals surface area contributed by atoms with E-state index < -0.39 is 21.8 Å². The summed E-state index contributed by atoms with van der Waals surface area (Å²) in [4.78, 5) is 12.9. The van der Waals surface area contributed by atoms with E-state index in [1.807, 2.05) is 6.92 Å². The van der Waals surface area contributed by atoms with Crippen molar-refractivity contribution >= 4 is 67.1 Å². The summed E-state index contributed by atoms with van der Waals surface area (Å²) < 4.78 is 38.3. The Morgan fingerprint density at radius 2 is 1.77 bits per heavy atom. The number of carbonyl (C=O) groups is 1. The third-order valence-corrected chi connectivity index (χ3v) is 7.48. The van der Waals surface area contributed by atoms with Crippen molar-refractivity contribution in [3.05, 3.63) is 81.8 Å². The summed E-state index contributed by atoms with van der Waals surface area (Å²) in [5.74, 6) is -0.897. The second kappa shape index (κ2) is 13.3. The van der Waals surface area contributed by atoms with Crippen LogP contribution in [0.25, 0.3) is 10.8 Å². The van der Waals surface area contributed by atoms with E-state index >= 15 is 0 Å². The van der Waals surface area contributed by atoms with E-state index in [9.17, 15) is 22.9 Å². The molecule has 2 N–H and O–H groups in total. The average Bonchev–Trinajstić information content (AvgIpc) is 2.89. The number of rotatable bonds is 8. The van der Waals surface area contributed by atoms with E-state index in [1.54, 1.807) is 49.4 Å². The number of hydrogen-bond acceptors (Lipinski definition) is 7. The van der Waals surface area contributed by atoms with Crippen molar-refractivity contribution in [3.8, 4) is 11.5 Å². The van der Waals surface area contributed by atoms with Gasteiger partial charge in [-0.3, -0.25) is 9.35 Å². The molecule has 0 atom stereocenters. The minimum Gasteiger partial charge on any atom is -0.870 e. The molecule has 0 aliphatic heterocycles. The Morgan fingerprint density at radius 3 is 2.45 bits per heavy atom. The molecule has 0 aliphatic rings. The number of nitrogens with one attached hydrogen (secondary N) is 1. The number of nitrogens with zero attached hydrogens (tertiary/aromatic N) is 2. The number of fused-ring (bicyclic) bond motifs is 1. The molecule has 0 fully saturated rings. The molecular formula is C27H22Cl2N3NaO6S. The van der Waals surface area contributed by atoms with Crippen molar-refractivity contribution in [2.45, 2.75) is 25.2 Å². The first-order valence-electron chi connectivity index (χ1n) is 11.7. The SMILES string of the molecule is CCOc1ccc(Cl)c(NC(=O)c2cc3ccccc3c(N=Nc3ccc(S(=O)(=O)O)c(CC)c3Cl)c2[O-])c1.[Na+]. The summed E-state index contributed by atoms with van der Waals surface area (Å²) in [6, 6.07) is 15.5. The topological polar surface area (TPSA) is 140 Å². The Kier molecular flexibility index (Phi) is 10.6. The van der Waals surface area contributed by atoms with Crippen LogP contribution in [0.2, 0.25) is 10.0 Å². The number of azo groups is 1. The van der Waals surface area contributed by atoms with Crippen LogP contribution in [-0.2, 0) is 16.5 Å². The van der Waals surface area contributed by atoms with Crippen LogP contribution in [0.3, 0.4) is 0 Å². The zero-order chi connectivity index (χ0) is 28.3. The zero-order valence-corrected chi connectivity index (χ0v) is 26.1. The van der Waals surface area contributed by atoms with Gasteiger partial charge in [0.1, 0.15) is 11.4 Å². The smallest absolute Gasteiger partial charge is 0.870 e. The Hall–Kier alpha value is -2.70. The van der Waals surface area contributed by atoms with Gasteiger partial charge < -0.3 is 15.2 Å². The average molecular weight is 610 g/mol. The van der Waals surface area contributed by atoms with Gasteiger partial charge in [-0.15, -0.1) is 5.11 Å². The van der Waals surface area contributed by atoms with Gasteiger partial charge in [0, 0.05) is 17.0 Å². The first-order valence-corrected chi connectivity index (χ1v) is 13.9.